The maximum atomic E-state index is 13.0. The Balaban J connectivity index is 1.44. The van der Waals surface area contributed by atoms with Gasteiger partial charge in [-0.05, 0) is 42.5 Å². The van der Waals surface area contributed by atoms with Gasteiger partial charge in [-0.15, -0.1) is 0 Å². The molecule has 1 aliphatic heterocycles. The lowest BCUT2D eigenvalue weighted by molar-refractivity contribution is -0.110. The zero-order valence-electron chi connectivity index (χ0n) is 16.1. The molecular weight excluding hydrogens is 379 g/mol. The molecule has 0 saturated heterocycles. The second-order valence-electron chi connectivity index (χ2n) is 7.16. The highest BCUT2D eigenvalue weighted by Gasteiger charge is 2.23. The van der Waals surface area contributed by atoms with E-state index < -0.39 is 0 Å². The average Bonchev–Trinajstić information content (AvgIpc) is 3.27. The van der Waals surface area contributed by atoms with Crippen molar-refractivity contribution in [2.24, 2.45) is 0 Å². The highest BCUT2D eigenvalue weighted by Crippen LogP contribution is 2.34. The normalized spacial score (nSPS) is 14.2. The molecule has 2 heterocycles. The molecule has 30 heavy (non-hydrogen) atoms. The van der Waals surface area contributed by atoms with Crippen LogP contribution in [0.25, 0.3) is 22.6 Å². The first-order valence-electron chi connectivity index (χ1n) is 9.78. The van der Waals surface area contributed by atoms with Crippen molar-refractivity contribution in [1.29, 1.82) is 0 Å². The van der Waals surface area contributed by atoms with Crippen LogP contribution in [0.3, 0.4) is 0 Å². The summed E-state index contributed by atoms with van der Waals surface area (Å²) in [5.41, 5.74) is 4.47. The molecule has 5 heteroatoms. The van der Waals surface area contributed by atoms with Crippen molar-refractivity contribution in [2.75, 3.05) is 11.9 Å². The lowest BCUT2D eigenvalue weighted by atomic mass is 10.0. The fourth-order valence-electron chi connectivity index (χ4n) is 3.81. The zero-order chi connectivity index (χ0) is 20.5. The Labute approximate surface area is 173 Å². The third-order valence-corrected chi connectivity index (χ3v) is 5.24. The molecule has 1 aliphatic rings. The highest BCUT2D eigenvalue weighted by molar-refractivity contribution is 6.35. The Bertz CT molecular complexity index is 1270. The Kier molecular flexibility index (Phi) is 4.56. The summed E-state index contributed by atoms with van der Waals surface area (Å²) in [4.78, 5) is 12.5. The Morgan fingerprint density at radius 2 is 1.73 bits per heavy atom. The van der Waals surface area contributed by atoms with Crippen LogP contribution in [-0.4, -0.2) is 17.1 Å². The van der Waals surface area contributed by atoms with E-state index in [1.54, 1.807) is 12.1 Å². The number of hydrogen-bond acceptors (Lipinski definition) is 2. The summed E-state index contributed by atoms with van der Waals surface area (Å²) in [6, 6.07) is 21.8. The minimum absolute atomic E-state index is 0.0901. The minimum Gasteiger partial charge on any atom is -0.492 e. The zero-order valence-corrected chi connectivity index (χ0v) is 16.1. The highest BCUT2D eigenvalue weighted by atomic mass is 19.1. The summed E-state index contributed by atoms with van der Waals surface area (Å²) in [7, 11) is 0. The van der Waals surface area contributed by atoms with Crippen LogP contribution in [0, 0.1) is 5.82 Å². The summed E-state index contributed by atoms with van der Waals surface area (Å²) in [5.74, 6) is 0.260. The van der Waals surface area contributed by atoms with Crippen molar-refractivity contribution in [2.45, 2.75) is 6.54 Å². The number of benzene rings is 3. The van der Waals surface area contributed by atoms with E-state index in [4.69, 9.17) is 4.74 Å². The lowest BCUT2D eigenvalue weighted by Gasteiger charge is -2.08. The van der Waals surface area contributed by atoms with Crippen LogP contribution >= 0.6 is 0 Å². The number of para-hydroxylation sites is 2. The van der Waals surface area contributed by atoms with E-state index in [2.05, 4.69) is 22.0 Å². The molecule has 4 aromatic rings. The predicted molar refractivity (Wildman–Crippen MR) is 117 cm³/mol. The Morgan fingerprint density at radius 3 is 2.60 bits per heavy atom. The number of halogens is 1. The van der Waals surface area contributed by atoms with Crippen LogP contribution in [0.5, 0.6) is 5.75 Å². The molecule has 0 fully saturated rings. The number of hydrogen-bond donors (Lipinski definition) is 1. The fraction of sp³-hybridized carbons (Fsp3) is 0.0800. The maximum Gasteiger partial charge on any atom is 0.256 e. The molecular formula is C25H19FN2O2. The van der Waals surface area contributed by atoms with E-state index in [0.717, 1.165) is 27.7 Å². The number of amides is 1. The molecule has 1 amide bonds. The van der Waals surface area contributed by atoms with Crippen LogP contribution in [0.15, 0.2) is 79.0 Å². The molecule has 0 aliphatic carbocycles. The van der Waals surface area contributed by atoms with Gasteiger partial charge in [-0.25, -0.2) is 4.39 Å². The van der Waals surface area contributed by atoms with Crippen molar-refractivity contribution < 1.29 is 13.9 Å². The molecule has 4 nitrogen and oxygen atoms in total. The van der Waals surface area contributed by atoms with Gasteiger partial charge in [0.15, 0.2) is 0 Å². The predicted octanol–water partition coefficient (Wildman–Crippen LogP) is 5.35. The molecule has 5 rings (SSSR count). The molecule has 0 spiro atoms. The summed E-state index contributed by atoms with van der Waals surface area (Å²) in [6.45, 7) is 1.08. The smallest absolute Gasteiger partial charge is 0.256 e. The molecule has 3 aromatic carbocycles. The van der Waals surface area contributed by atoms with E-state index in [9.17, 15) is 9.18 Å². The van der Waals surface area contributed by atoms with E-state index in [1.807, 2.05) is 48.7 Å². The number of carbonyl (C=O) groups excluding carboxylic acids is 1. The molecule has 0 radical (unpaired) electrons. The van der Waals surface area contributed by atoms with Crippen molar-refractivity contribution in [1.82, 2.24) is 4.57 Å². The molecule has 1 aromatic heterocycles. The van der Waals surface area contributed by atoms with E-state index in [-0.39, 0.29) is 11.7 Å². The number of aromatic nitrogens is 1. The Hall–Kier alpha value is -3.86. The van der Waals surface area contributed by atoms with E-state index >= 15 is 0 Å². The van der Waals surface area contributed by atoms with Crippen molar-refractivity contribution in [3.63, 3.8) is 0 Å². The van der Waals surface area contributed by atoms with Crippen LogP contribution in [0.1, 0.15) is 11.1 Å². The van der Waals surface area contributed by atoms with Gasteiger partial charge in [-0.2, -0.15) is 0 Å². The van der Waals surface area contributed by atoms with Gasteiger partial charge >= 0.3 is 0 Å². The molecule has 0 bridgehead atoms. The van der Waals surface area contributed by atoms with Crippen LogP contribution in [0.2, 0.25) is 0 Å². The third kappa shape index (κ3) is 3.35. The maximum absolute atomic E-state index is 13.0. The first-order chi connectivity index (χ1) is 14.7. The monoisotopic (exact) mass is 398 g/mol. The van der Waals surface area contributed by atoms with Crippen LogP contribution in [0.4, 0.5) is 10.1 Å². The first-order valence-corrected chi connectivity index (χ1v) is 9.78. The van der Waals surface area contributed by atoms with Crippen molar-refractivity contribution >= 4 is 34.1 Å². The summed E-state index contributed by atoms with van der Waals surface area (Å²) < 4.78 is 20.9. The molecule has 1 N–H and O–H groups in total. The van der Waals surface area contributed by atoms with Gasteiger partial charge < -0.3 is 14.6 Å². The van der Waals surface area contributed by atoms with Gasteiger partial charge in [-0.1, -0.05) is 36.4 Å². The second kappa shape index (κ2) is 7.52. The number of nitrogens with zero attached hydrogens (tertiary/aromatic N) is 1. The second-order valence-corrected chi connectivity index (χ2v) is 7.16. The van der Waals surface area contributed by atoms with Crippen molar-refractivity contribution in [3.8, 4) is 5.75 Å². The summed E-state index contributed by atoms with van der Waals surface area (Å²) in [6.07, 6.45) is 3.99. The topological polar surface area (TPSA) is 43.3 Å². The van der Waals surface area contributed by atoms with Gasteiger partial charge in [0.05, 0.1) is 6.54 Å². The molecule has 0 atom stereocenters. The van der Waals surface area contributed by atoms with Gasteiger partial charge in [-0.3, -0.25) is 4.79 Å². The number of fused-ring (bicyclic) bond motifs is 2. The van der Waals surface area contributed by atoms with Gasteiger partial charge in [0.25, 0.3) is 5.91 Å². The molecule has 148 valence electrons. The number of nitrogens with one attached hydrogen (secondary N) is 1. The van der Waals surface area contributed by atoms with Crippen molar-refractivity contribution in [3.05, 3.63) is 95.9 Å². The number of ether oxygens (including phenoxy) is 1. The van der Waals surface area contributed by atoms with Gasteiger partial charge in [0.1, 0.15) is 18.2 Å². The SMILES string of the molecule is O=C1Nc2ccccc2/C1=C\c1cn(CCOc2ccc(F)cc2)c2ccccc12. The number of anilines is 1. The first kappa shape index (κ1) is 18.2. The summed E-state index contributed by atoms with van der Waals surface area (Å²) in [5, 5.41) is 3.99. The standard InChI is InChI=1S/C25H19FN2O2/c26-18-9-11-19(12-10-18)30-14-13-28-16-17(20-5-2-4-8-24(20)28)15-22-21-6-1-3-7-23(21)27-25(22)29/h1-12,15-16H,13-14H2,(H,27,29)/b22-15+. The van der Waals surface area contributed by atoms with Crippen LogP contribution < -0.4 is 10.1 Å². The average molecular weight is 398 g/mol. The van der Waals surface area contributed by atoms with Crippen LogP contribution in [-0.2, 0) is 11.3 Å². The summed E-state index contributed by atoms with van der Waals surface area (Å²) >= 11 is 0. The third-order valence-electron chi connectivity index (χ3n) is 5.24. The van der Waals surface area contributed by atoms with Gasteiger partial charge in [0, 0.05) is 39.5 Å². The minimum atomic E-state index is -0.283. The lowest BCUT2D eigenvalue weighted by Crippen LogP contribution is -2.07. The largest absolute Gasteiger partial charge is 0.492 e. The van der Waals surface area contributed by atoms with Gasteiger partial charge in [0.2, 0.25) is 0 Å². The Morgan fingerprint density at radius 1 is 0.967 bits per heavy atom. The molecule has 0 saturated carbocycles. The number of rotatable bonds is 5. The quantitative estimate of drug-likeness (QED) is 0.461. The molecule has 0 unspecified atom stereocenters. The fourth-order valence-corrected chi connectivity index (χ4v) is 3.81. The van der Waals surface area contributed by atoms with E-state index in [1.165, 1.54) is 12.1 Å². The number of carbonyl (C=O) groups is 1. The van der Waals surface area contributed by atoms with E-state index in [0.29, 0.717) is 24.5 Å².